The molecule has 0 bridgehead atoms. The lowest BCUT2D eigenvalue weighted by molar-refractivity contribution is 0.0734. The van der Waals surface area contributed by atoms with Crippen molar-refractivity contribution in [2.75, 3.05) is 0 Å². The third-order valence-electron chi connectivity index (χ3n) is 4.59. The highest BCUT2D eigenvalue weighted by atomic mass is 16.5. The second-order valence-corrected chi connectivity index (χ2v) is 6.91. The van der Waals surface area contributed by atoms with Gasteiger partial charge in [-0.25, -0.2) is 15.2 Å². The standard InChI is InChI=1S/C25H19N3O3/c1-17-6-10-20(11-7-17)25(30)31-21-13-8-18(9-14-21)16-26-28-24(29)23-15-12-19-4-2-3-5-22(19)27-23/h2-16H,1H3,(H,28,29)/b26-16-. The number of aryl methyl sites for hydroxylation is 1. The molecule has 0 saturated heterocycles. The molecule has 1 aromatic heterocycles. The van der Waals surface area contributed by atoms with E-state index in [2.05, 4.69) is 15.5 Å². The maximum absolute atomic E-state index is 12.3. The number of para-hydroxylation sites is 1. The van der Waals surface area contributed by atoms with Crippen molar-refractivity contribution in [3.8, 4) is 5.75 Å². The number of nitrogens with one attached hydrogen (secondary N) is 1. The van der Waals surface area contributed by atoms with Gasteiger partial charge in [-0.1, -0.05) is 42.0 Å². The summed E-state index contributed by atoms with van der Waals surface area (Å²) in [5, 5.41) is 4.94. The van der Waals surface area contributed by atoms with E-state index < -0.39 is 11.9 Å². The predicted octanol–water partition coefficient (Wildman–Crippen LogP) is 4.53. The zero-order valence-corrected chi connectivity index (χ0v) is 16.8. The topological polar surface area (TPSA) is 80.6 Å². The second kappa shape index (κ2) is 9.00. The molecule has 6 nitrogen and oxygen atoms in total. The Morgan fingerprint density at radius 3 is 2.42 bits per heavy atom. The Labute approximate surface area is 179 Å². The molecule has 0 unspecified atom stereocenters. The van der Waals surface area contributed by atoms with Gasteiger partial charge in [0, 0.05) is 5.39 Å². The first kappa shape index (κ1) is 20.0. The van der Waals surface area contributed by atoms with E-state index in [1.807, 2.05) is 49.4 Å². The van der Waals surface area contributed by atoms with Crippen LogP contribution in [0.1, 0.15) is 32.0 Å². The summed E-state index contributed by atoms with van der Waals surface area (Å²) < 4.78 is 5.37. The molecule has 152 valence electrons. The zero-order valence-electron chi connectivity index (χ0n) is 16.8. The van der Waals surface area contributed by atoms with Crippen LogP contribution in [0.3, 0.4) is 0 Å². The molecule has 0 saturated carbocycles. The SMILES string of the molecule is Cc1ccc(C(=O)Oc2ccc(/C=N\NC(=O)c3ccc4ccccc4n3)cc2)cc1. The number of hydrazone groups is 1. The van der Waals surface area contributed by atoms with Gasteiger partial charge < -0.3 is 4.74 Å². The molecule has 1 amide bonds. The van der Waals surface area contributed by atoms with Crippen LogP contribution in [0.25, 0.3) is 10.9 Å². The fourth-order valence-electron chi connectivity index (χ4n) is 2.89. The summed E-state index contributed by atoms with van der Waals surface area (Å²) in [5.41, 5.74) is 5.80. The summed E-state index contributed by atoms with van der Waals surface area (Å²) in [4.78, 5) is 28.8. The van der Waals surface area contributed by atoms with Crippen molar-refractivity contribution in [2.45, 2.75) is 6.92 Å². The van der Waals surface area contributed by atoms with Gasteiger partial charge in [0.25, 0.3) is 5.91 Å². The molecule has 0 aliphatic carbocycles. The number of nitrogens with zero attached hydrogens (tertiary/aromatic N) is 2. The minimum atomic E-state index is -0.420. The number of carbonyl (C=O) groups excluding carboxylic acids is 2. The summed E-state index contributed by atoms with van der Waals surface area (Å²) in [6, 6.07) is 25.1. The van der Waals surface area contributed by atoms with Crippen LogP contribution in [-0.2, 0) is 0 Å². The van der Waals surface area contributed by atoms with Crippen LogP contribution in [0.5, 0.6) is 5.75 Å². The summed E-state index contributed by atoms with van der Waals surface area (Å²) in [6.07, 6.45) is 1.50. The Morgan fingerprint density at radius 2 is 1.65 bits per heavy atom. The third kappa shape index (κ3) is 5.00. The summed E-state index contributed by atoms with van der Waals surface area (Å²) in [7, 11) is 0. The molecule has 1 heterocycles. The van der Waals surface area contributed by atoms with Crippen molar-refractivity contribution in [3.05, 3.63) is 107 Å². The molecule has 1 N–H and O–H groups in total. The molecule has 0 atom stereocenters. The van der Waals surface area contributed by atoms with Gasteiger partial charge in [-0.15, -0.1) is 0 Å². The maximum atomic E-state index is 12.3. The molecule has 0 radical (unpaired) electrons. The van der Waals surface area contributed by atoms with Crippen molar-refractivity contribution in [1.29, 1.82) is 0 Å². The van der Waals surface area contributed by atoms with Crippen molar-refractivity contribution >= 4 is 29.0 Å². The number of fused-ring (bicyclic) bond motifs is 1. The number of hydrogen-bond acceptors (Lipinski definition) is 5. The fraction of sp³-hybridized carbons (Fsp3) is 0.0400. The molecule has 31 heavy (non-hydrogen) atoms. The van der Waals surface area contributed by atoms with E-state index in [4.69, 9.17) is 4.74 Å². The average molecular weight is 409 g/mol. The molecule has 4 rings (SSSR count). The number of esters is 1. The largest absolute Gasteiger partial charge is 0.423 e. The first-order chi connectivity index (χ1) is 15.1. The molecule has 0 spiro atoms. The summed E-state index contributed by atoms with van der Waals surface area (Å²) in [5.74, 6) is -0.394. The van der Waals surface area contributed by atoms with Crippen LogP contribution in [0.2, 0.25) is 0 Å². The Balaban J connectivity index is 1.35. The highest BCUT2D eigenvalue weighted by Gasteiger charge is 2.08. The van der Waals surface area contributed by atoms with E-state index in [-0.39, 0.29) is 5.69 Å². The molecule has 0 fully saturated rings. The van der Waals surface area contributed by atoms with Crippen molar-refractivity contribution in [2.24, 2.45) is 5.10 Å². The first-order valence-electron chi connectivity index (χ1n) is 9.66. The molecule has 6 heteroatoms. The molecule has 3 aromatic carbocycles. The Hall–Kier alpha value is -4.32. The van der Waals surface area contributed by atoms with Crippen molar-refractivity contribution in [1.82, 2.24) is 10.4 Å². The third-order valence-corrected chi connectivity index (χ3v) is 4.59. The lowest BCUT2D eigenvalue weighted by Crippen LogP contribution is -2.18. The van der Waals surface area contributed by atoms with Gasteiger partial charge in [0.2, 0.25) is 0 Å². The van der Waals surface area contributed by atoms with Crippen LogP contribution in [-0.4, -0.2) is 23.1 Å². The molecule has 0 aliphatic heterocycles. The van der Waals surface area contributed by atoms with Crippen molar-refractivity contribution < 1.29 is 14.3 Å². The van der Waals surface area contributed by atoms with Crippen molar-refractivity contribution in [3.63, 3.8) is 0 Å². The number of amides is 1. The Kier molecular flexibility index (Phi) is 5.80. The molecular formula is C25H19N3O3. The van der Waals surface area contributed by atoms with E-state index in [0.29, 0.717) is 11.3 Å². The number of hydrogen-bond donors (Lipinski definition) is 1. The average Bonchev–Trinajstić information content (AvgIpc) is 2.80. The van der Waals surface area contributed by atoms with E-state index in [1.54, 1.807) is 42.5 Å². The van der Waals surface area contributed by atoms with Crippen LogP contribution >= 0.6 is 0 Å². The minimum Gasteiger partial charge on any atom is -0.423 e. The number of rotatable bonds is 5. The molecule has 4 aromatic rings. The van der Waals surface area contributed by atoms with Gasteiger partial charge in [-0.2, -0.15) is 5.10 Å². The molecule has 0 aliphatic rings. The lowest BCUT2D eigenvalue weighted by atomic mass is 10.1. The van der Waals surface area contributed by atoms with Crippen LogP contribution in [0.15, 0.2) is 90.0 Å². The normalized spacial score (nSPS) is 10.9. The number of carbonyl (C=O) groups is 2. The maximum Gasteiger partial charge on any atom is 0.343 e. The van der Waals surface area contributed by atoms with Gasteiger partial charge in [0.1, 0.15) is 11.4 Å². The number of aromatic nitrogens is 1. The monoisotopic (exact) mass is 409 g/mol. The van der Waals surface area contributed by atoms with Gasteiger partial charge in [0.05, 0.1) is 17.3 Å². The number of benzene rings is 3. The minimum absolute atomic E-state index is 0.286. The molecular weight excluding hydrogens is 390 g/mol. The van der Waals surface area contributed by atoms with Crippen LogP contribution < -0.4 is 10.2 Å². The smallest absolute Gasteiger partial charge is 0.343 e. The lowest BCUT2D eigenvalue weighted by Gasteiger charge is -2.05. The summed E-state index contributed by atoms with van der Waals surface area (Å²) in [6.45, 7) is 1.95. The van der Waals surface area contributed by atoms with E-state index in [9.17, 15) is 9.59 Å². The van der Waals surface area contributed by atoms with Crippen LogP contribution in [0.4, 0.5) is 0 Å². The zero-order chi connectivity index (χ0) is 21.6. The first-order valence-corrected chi connectivity index (χ1v) is 9.66. The van der Waals surface area contributed by atoms with Gasteiger partial charge in [-0.3, -0.25) is 4.79 Å². The van der Waals surface area contributed by atoms with E-state index in [0.717, 1.165) is 22.0 Å². The summed E-state index contributed by atoms with van der Waals surface area (Å²) >= 11 is 0. The quantitative estimate of drug-likeness (QED) is 0.227. The van der Waals surface area contributed by atoms with Gasteiger partial charge in [0.15, 0.2) is 0 Å². The van der Waals surface area contributed by atoms with Gasteiger partial charge >= 0.3 is 5.97 Å². The second-order valence-electron chi connectivity index (χ2n) is 6.91. The Bertz CT molecular complexity index is 1260. The highest BCUT2D eigenvalue weighted by molar-refractivity contribution is 5.95. The highest BCUT2D eigenvalue weighted by Crippen LogP contribution is 2.14. The van der Waals surface area contributed by atoms with E-state index >= 15 is 0 Å². The fourth-order valence-corrected chi connectivity index (χ4v) is 2.89. The van der Waals surface area contributed by atoms with Crippen LogP contribution in [0, 0.1) is 6.92 Å². The number of ether oxygens (including phenoxy) is 1. The predicted molar refractivity (Wildman–Crippen MR) is 119 cm³/mol. The Morgan fingerprint density at radius 1 is 0.903 bits per heavy atom. The number of pyridine rings is 1. The van der Waals surface area contributed by atoms with E-state index in [1.165, 1.54) is 6.21 Å². The van der Waals surface area contributed by atoms with Gasteiger partial charge in [-0.05, 0) is 61.0 Å².